The van der Waals surface area contributed by atoms with Crippen molar-refractivity contribution >= 4 is 26.8 Å². The average molecular weight is 511 g/mol. The quantitative estimate of drug-likeness (QED) is 0.563. The summed E-state index contributed by atoms with van der Waals surface area (Å²) in [6.07, 6.45) is 4.61. The van der Waals surface area contributed by atoms with E-state index >= 15 is 0 Å². The van der Waals surface area contributed by atoms with E-state index in [0.29, 0.717) is 29.6 Å². The highest BCUT2D eigenvalue weighted by molar-refractivity contribution is 8.27. The number of benzene rings is 2. The summed E-state index contributed by atoms with van der Waals surface area (Å²) in [6, 6.07) is 13.3. The lowest BCUT2D eigenvalue weighted by molar-refractivity contribution is 0.242. The number of halogens is 3. The zero-order chi connectivity index (χ0) is 23.9. The number of hydrogen-bond acceptors (Lipinski definition) is 5. The van der Waals surface area contributed by atoms with E-state index in [1.807, 2.05) is 6.07 Å². The lowest BCUT2D eigenvalue weighted by Gasteiger charge is -2.23. The van der Waals surface area contributed by atoms with Crippen LogP contribution in [0.5, 0.6) is 0 Å². The maximum absolute atomic E-state index is 14.8. The first-order chi connectivity index (χ1) is 16.2. The standard InChI is InChI=1S/C23H25F3N4O2S2/c24-21-8-4-5-16(14-30-17-9-10-18(30)12-11-17)20(21)13-27-22-15-33(25,26)28-23(22)29-34(31,32)19-6-2-1-3-7-19/h1-8,15,17-18,27H,9-14H2,(H,28,29). The monoisotopic (exact) mass is 510 g/mol. The SMILES string of the molecule is O=S(=O)(NC1=NS(F)(F)C=C1NCc1c(F)cccc1CN1C2CCC1CC2)c1ccccc1. The van der Waals surface area contributed by atoms with E-state index in [1.165, 1.54) is 30.3 Å². The molecule has 3 aliphatic heterocycles. The van der Waals surface area contributed by atoms with Gasteiger partial charge in [0.25, 0.3) is 10.0 Å². The van der Waals surface area contributed by atoms with Crippen molar-refractivity contribution < 1.29 is 20.6 Å². The van der Waals surface area contributed by atoms with Gasteiger partial charge in [0.05, 0.1) is 16.0 Å². The molecule has 2 saturated heterocycles. The zero-order valence-corrected chi connectivity index (χ0v) is 19.9. The van der Waals surface area contributed by atoms with Crippen LogP contribution >= 0.6 is 11.0 Å². The number of nitrogens with zero attached hydrogens (tertiary/aromatic N) is 2. The van der Waals surface area contributed by atoms with Crippen LogP contribution in [0.2, 0.25) is 0 Å². The predicted molar refractivity (Wildman–Crippen MR) is 127 cm³/mol. The van der Waals surface area contributed by atoms with Crippen LogP contribution in [-0.4, -0.2) is 31.2 Å². The normalized spacial score (nSPS) is 24.6. The lowest BCUT2D eigenvalue weighted by atomic mass is 10.0. The van der Waals surface area contributed by atoms with Gasteiger partial charge in [0.15, 0.2) is 16.8 Å². The first kappa shape index (κ1) is 23.3. The van der Waals surface area contributed by atoms with E-state index in [1.54, 1.807) is 12.1 Å². The summed E-state index contributed by atoms with van der Waals surface area (Å²) in [5.41, 5.74) is 1.02. The van der Waals surface area contributed by atoms with Gasteiger partial charge in [0.1, 0.15) is 5.82 Å². The first-order valence-corrected chi connectivity index (χ1v) is 14.0. The second-order valence-electron chi connectivity index (χ2n) is 8.74. The molecule has 3 aliphatic rings. The van der Waals surface area contributed by atoms with E-state index in [-0.39, 0.29) is 17.1 Å². The Kier molecular flexibility index (Phi) is 6.11. The molecule has 182 valence electrons. The minimum atomic E-state index is -4.51. The Morgan fingerprint density at radius 1 is 1.00 bits per heavy atom. The molecular weight excluding hydrogens is 485 g/mol. The smallest absolute Gasteiger partial charge is 0.263 e. The van der Waals surface area contributed by atoms with Crippen molar-refractivity contribution in [2.24, 2.45) is 4.40 Å². The average Bonchev–Trinajstić information content (AvgIpc) is 3.45. The summed E-state index contributed by atoms with van der Waals surface area (Å²) in [5.74, 6) is -0.906. The van der Waals surface area contributed by atoms with Crippen molar-refractivity contribution in [1.82, 2.24) is 14.9 Å². The molecule has 3 heterocycles. The molecule has 2 aromatic rings. The van der Waals surface area contributed by atoms with E-state index < -0.39 is 32.7 Å². The minimum absolute atomic E-state index is 0.0705. The van der Waals surface area contributed by atoms with Gasteiger partial charge in [0, 0.05) is 30.7 Å². The van der Waals surface area contributed by atoms with Crippen molar-refractivity contribution in [1.29, 1.82) is 0 Å². The highest BCUT2D eigenvalue weighted by atomic mass is 32.3. The van der Waals surface area contributed by atoms with Crippen LogP contribution < -0.4 is 10.0 Å². The van der Waals surface area contributed by atoms with E-state index in [9.17, 15) is 20.6 Å². The molecule has 2 bridgehead atoms. The second kappa shape index (κ2) is 8.94. The molecule has 6 nitrogen and oxygen atoms in total. The lowest BCUT2D eigenvalue weighted by Crippen LogP contribution is -2.35. The van der Waals surface area contributed by atoms with Crippen LogP contribution in [0.25, 0.3) is 0 Å². The van der Waals surface area contributed by atoms with E-state index in [0.717, 1.165) is 31.2 Å². The Hall–Kier alpha value is -2.50. The summed E-state index contributed by atoms with van der Waals surface area (Å²) >= 11 is 0. The third-order valence-corrected chi connectivity index (χ3v) is 8.94. The van der Waals surface area contributed by atoms with Crippen LogP contribution in [-0.2, 0) is 23.1 Å². The Morgan fingerprint density at radius 3 is 2.35 bits per heavy atom. The second-order valence-corrected chi connectivity index (χ2v) is 11.8. The fraction of sp³-hybridized carbons (Fsp3) is 0.348. The van der Waals surface area contributed by atoms with Gasteiger partial charge in [-0.3, -0.25) is 9.62 Å². The summed E-state index contributed by atoms with van der Waals surface area (Å²) in [5, 5.41) is 3.43. The third-order valence-electron chi connectivity index (χ3n) is 6.64. The molecule has 2 N–H and O–H groups in total. The van der Waals surface area contributed by atoms with E-state index in [4.69, 9.17) is 0 Å². The molecular formula is C23H25F3N4O2S2. The topological polar surface area (TPSA) is 73.8 Å². The van der Waals surface area contributed by atoms with Crippen LogP contribution in [0.15, 0.2) is 68.9 Å². The van der Waals surface area contributed by atoms with Gasteiger partial charge in [0.2, 0.25) is 0 Å². The summed E-state index contributed by atoms with van der Waals surface area (Å²) in [6.45, 7) is 0.533. The fourth-order valence-electron chi connectivity index (χ4n) is 4.99. The number of rotatable bonds is 7. The molecule has 0 spiro atoms. The molecule has 5 rings (SSSR count). The Balaban J connectivity index is 1.34. The number of hydrogen-bond donors (Lipinski definition) is 2. The zero-order valence-electron chi connectivity index (χ0n) is 18.3. The first-order valence-electron chi connectivity index (χ1n) is 11.1. The molecule has 0 saturated carbocycles. The largest absolute Gasteiger partial charge is 0.377 e. The van der Waals surface area contributed by atoms with Crippen molar-refractivity contribution in [2.75, 3.05) is 0 Å². The maximum atomic E-state index is 14.8. The molecule has 0 aliphatic carbocycles. The molecule has 0 radical (unpaired) electrons. The Morgan fingerprint density at radius 2 is 1.68 bits per heavy atom. The number of sulfonamides is 1. The van der Waals surface area contributed by atoms with E-state index in [2.05, 4.69) is 19.3 Å². The van der Waals surface area contributed by atoms with Gasteiger partial charge in [-0.25, -0.2) is 12.8 Å². The summed E-state index contributed by atoms with van der Waals surface area (Å²) < 4.78 is 73.8. The molecule has 11 heteroatoms. The van der Waals surface area contributed by atoms with Crippen molar-refractivity contribution in [3.63, 3.8) is 0 Å². The maximum Gasteiger partial charge on any atom is 0.263 e. The number of fused-ring (bicyclic) bond motifs is 2. The van der Waals surface area contributed by atoms with Gasteiger partial charge in [-0.2, -0.15) is 4.40 Å². The molecule has 2 fully saturated rings. The minimum Gasteiger partial charge on any atom is -0.377 e. The van der Waals surface area contributed by atoms with Gasteiger partial charge in [-0.05, 0) is 49.4 Å². The van der Waals surface area contributed by atoms with Crippen LogP contribution in [0, 0.1) is 5.82 Å². The predicted octanol–water partition coefficient (Wildman–Crippen LogP) is 4.76. The van der Waals surface area contributed by atoms with Crippen molar-refractivity contribution in [3.8, 4) is 0 Å². The number of nitrogens with one attached hydrogen (secondary N) is 2. The van der Waals surface area contributed by atoms with Crippen LogP contribution in [0.3, 0.4) is 0 Å². The number of amidine groups is 1. The summed E-state index contributed by atoms with van der Waals surface area (Å²) in [7, 11) is -8.62. The van der Waals surface area contributed by atoms with Crippen LogP contribution in [0.4, 0.5) is 12.2 Å². The molecule has 2 aromatic carbocycles. The van der Waals surface area contributed by atoms with Gasteiger partial charge >= 0.3 is 0 Å². The van der Waals surface area contributed by atoms with Gasteiger partial charge < -0.3 is 5.32 Å². The molecule has 0 aromatic heterocycles. The summed E-state index contributed by atoms with van der Waals surface area (Å²) in [4.78, 5) is 2.34. The highest BCUT2D eigenvalue weighted by Gasteiger charge is 2.39. The van der Waals surface area contributed by atoms with Gasteiger partial charge in [-0.1, -0.05) is 30.3 Å². The Labute approximate surface area is 199 Å². The molecule has 0 atom stereocenters. The van der Waals surface area contributed by atoms with Crippen LogP contribution in [0.1, 0.15) is 36.8 Å². The van der Waals surface area contributed by atoms with Crippen molar-refractivity contribution in [2.45, 2.75) is 55.8 Å². The third kappa shape index (κ3) is 4.69. The fourth-order valence-corrected chi connectivity index (χ4v) is 7.01. The molecule has 0 amide bonds. The highest BCUT2D eigenvalue weighted by Crippen LogP contribution is 2.58. The van der Waals surface area contributed by atoms with Gasteiger partial charge in [-0.15, -0.1) is 7.77 Å². The molecule has 34 heavy (non-hydrogen) atoms. The van der Waals surface area contributed by atoms with Crippen molar-refractivity contribution in [3.05, 3.63) is 76.6 Å². The molecule has 0 unspecified atom stereocenters. The Bertz CT molecular complexity index is 1230.